The first-order valence-corrected chi connectivity index (χ1v) is 9.90. The molecule has 150 valence electrons. The highest BCUT2D eigenvalue weighted by molar-refractivity contribution is 8.14. The Hall–Kier alpha value is -2.77. The fourth-order valence-electron chi connectivity index (χ4n) is 2.66. The van der Waals surface area contributed by atoms with Crippen LogP contribution in [0.5, 0.6) is 11.5 Å². The van der Waals surface area contributed by atoms with E-state index < -0.39 is 5.82 Å². The quantitative estimate of drug-likeness (QED) is 0.467. The highest BCUT2D eigenvalue weighted by Crippen LogP contribution is 2.33. The van der Waals surface area contributed by atoms with Gasteiger partial charge in [-0.25, -0.2) is 9.38 Å². The van der Waals surface area contributed by atoms with Gasteiger partial charge in [0.2, 0.25) is 0 Å². The van der Waals surface area contributed by atoms with E-state index in [1.165, 1.54) is 42.0 Å². The maximum Gasteiger partial charge on any atom is 0.283 e. The number of hydrogen-bond donors (Lipinski definition) is 0. The number of carbonyl (C=O) groups excluding carboxylic acids is 1. The zero-order chi connectivity index (χ0) is 21.0. The summed E-state index contributed by atoms with van der Waals surface area (Å²) in [6.45, 7) is 3.70. The molecule has 0 saturated heterocycles. The summed E-state index contributed by atoms with van der Waals surface area (Å²) in [5, 5.41) is 0.383. The summed E-state index contributed by atoms with van der Waals surface area (Å²) in [7, 11) is 3.10. The molecule has 1 heterocycles. The van der Waals surface area contributed by atoms with Gasteiger partial charge >= 0.3 is 0 Å². The van der Waals surface area contributed by atoms with Crippen molar-refractivity contribution in [1.82, 2.24) is 0 Å². The standard InChI is InChI=1S/C21H18ClFN2O3S/c1-4-9-29-21-24-18(10-13-5-7-15(27-2)12-19(13)28-3)20(26)25(21)14-6-8-17(23)16(22)11-14/h4-8,10-12H,1,9H2,2-3H3. The Morgan fingerprint density at radius 3 is 2.69 bits per heavy atom. The van der Waals surface area contributed by atoms with Gasteiger partial charge in [0.1, 0.15) is 23.0 Å². The van der Waals surface area contributed by atoms with E-state index in [0.717, 1.165) is 0 Å². The van der Waals surface area contributed by atoms with E-state index in [1.807, 2.05) is 0 Å². The van der Waals surface area contributed by atoms with Crippen LogP contribution in [0.3, 0.4) is 0 Å². The second kappa shape index (κ2) is 9.15. The number of aliphatic imine (C=N–C) groups is 1. The normalized spacial score (nSPS) is 14.9. The van der Waals surface area contributed by atoms with Crippen LogP contribution in [-0.4, -0.2) is 31.0 Å². The Bertz CT molecular complexity index is 1020. The van der Waals surface area contributed by atoms with E-state index >= 15 is 0 Å². The molecule has 29 heavy (non-hydrogen) atoms. The maximum absolute atomic E-state index is 13.6. The number of thioether (sulfide) groups is 1. The fourth-order valence-corrected chi connectivity index (χ4v) is 3.59. The lowest BCUT2D eigenvalue weighted by atomic mass is 10.1. The smallest absolute Gasteiger partial charge is 0.283 e. The van der Waals surface area contributed by atoms with Crippen molar-refractivity contribution in [2.45, 2.75) is 0 Å². The van der Waals surface area contributed by atoms with E-state index in [4.69, 9.17) is 21.1 Å². The number of halogens is 2. The molecule has 5 nitrogen and oxygen atoms in total. The average molecular weight is 433 g/mol. The molecule has 2 aromatic carbocycles. The molecule has 1 aliphatic heterocycles. The third kappa shape index (κ3) is 4.46. The van der Waals surface area contributed by atoms with Gasteiger partial charge in [-0.15, -0.1) is 6.58 Å². The number of methoxy groups -OCH3 is 2. The number of carbonyl (C=O) groups is 1. The van der Waals surface area contributed by atoms with Crippen LogP contribution in [0.2, 0.25) is 5.02 Å². The minimum Gasteiger partial charge on any atom is -0.497 e. The number of amidine groups is 1. The summed E-state index contributed by atoms with van der Waals surface area (Å²) in [6.07, 6.45) is 3.35. The lowest BCUT2D eigenvalue weighted by Crippen LogP contribution is -2.30. The minimum atomic E-state index is -0.557. The van der Waals surface area contributed by atoms with E-state index in [0.29, 0.717) is 33.7 Å². The molecule has 0 bridgehead atoms. The second-order valence-corrected chi connectivity index (χ2v) is 7.26. The van der Waals surface area contributed by atoms with Crippen LogP contribution in [0.4, 0.5) is 10.1 Å². The van der Waals surface area contributed by atoms with Crippen LogP contribution in [0.25, 0.3) is 6.08 Å². The van der Waals surface area contributed by atoms with Crippen LogP contribution < -0.4 is 14.4 Å². The van der Waals surface area contributed by atoms with Crippen LogP contribution in [0, 0.1) is 5.82 Å². The SMILES string of the molecule is C=CCSC1=NC(=Cc2ccc(OC)cc2OC)C(=O)N1c1ccc(F)c(Cl)c1. The van der Waals surface area contributed by atoms with Crippen molar-refractivity contribution in [2.75, 3.05) is 24.9 Å². The zero-order valence-electron chi connectivity index (χ0n) is 15.8. The average Bonchev–Trinajstić information content (AvgIpc) is 3.03. The zero-order valence-corrected chi connectivity index (χ0v) is 17.4. The minimum absolute atomic E-state index is 0.0716. The van der Waals surface area contributed by atoms with Gasteiger partial charge < -0.3 is 9.47 Å². The Balaban J connectivity index is 2.03. The summed E-state index contributed by atoms with van der Waals surface area (Å²) in [4.78, 5) is 19.0. The number of nitrogens with zero attached hydrogens (tertiary/aromatic N) is 2. The molecule has 0 spiro atoms. The molecule has 0 N–H and O–H groups in total. The van der Waals surface area contributed by atoms with Crippen molar-refractivity contribution < 1.29 is 18.7 Å². The number of hydrogen-bond acceptors (Lipinski definition) is 5. The molecular weight excluding hydrogens is 415 g/mol. The Morgan fingerprint density at radius 1 is 1.24 bits per heavy atom. The topological polar surface area (TPSA) is 51.1 Å². The lowest BCUT2D eigenvalue weighted by Gasteiger charge is -2.17. The van der Waals surface area contributed by atoms with Crippen molar-refractivity contribution in [2.24, 2.45) is 4.99 Å². The molecule has 0 aromatic heterocycles. The number of rotatable bonds is 6. The fraction of sp³-hybridized carbons (Fsp3) is 0.143. The first kappa shape index (κ1) is 21.0. The van der Waals surface area contributed by atoms with E-state index in [2.05, 4.69) is 11.6 Å². The molecular formula is C21H18ClFN2O3S. The van der Waals surface area contributed by atoms with E-state index in [1.54, 1.807) is 37.5 Å². The molecule has 0 aliphatic carbocycles. The van der Waals surface area contributed by atoms with Crippen molar-refractivity contribution >= 4 is 46.2 Å². The van der Waals surface area contributed by atoms with Gasteiger partial charge in [0.25, 0.3) is 5.91 Å². The Kier molecular flexibility index (Phi) is 6.61. The molecule has 0 atom stereocenters. The first-order valence-electron chi connectivity index (χ1n) is 8.54. The summed E-state index contributed by atoms with van der Waals surface area (Å²) in [5.74, 6) is 0.824. The van der Waals surface area contributed by atoms with Gasteiger partial charge in [-0.05, 0) is 36.4 Å². The summed E-state index contributed by atoms with van der Waals surface area (Å²) in [6, 6.07) is 9.37. The number of amides is 1. The van der Waals surface area contributed by atoms with Crippen LogP contribution >= 0.6 is 23.4 Å². The molecule has 2 aromatic rings. The molecule has 3 rings (SSSR count). The molecule has 0 fully saturated rings. The van der Waals surface area contributed by atoms with Crippen molar-refractivity contribution in [3.05, 3.63) is 71.2 Å². The Morgan fingerprint density at radius 2 is 2.03 bits per heavy atom. The third-order valence-corrected chi connectivity index (χ3v) is 5.28. The van der Waals surface area contributed by atoms with Crippen molar-refractivity contribution in [3.8, 4) is 11.5 Å². The van der Waals surface area contributed by atoms with Crippen molar-refractivity contribution in [1.29, 1.82) is 0 Å². The molecule has 1 amide bonds. The Labute approximate surface area is 177 Å². The number of benzene rings is 2. The predicted octanol–water partition coefficient (Wildman–Crippen LogP) is 5.16. The summed E-state index contributed by atoms with van der Waals surface area (Å²) < 4.78 is 24.2. The van der Waals surface area contributed by atoms with Crippen LogP contribution in [-0.2, 0) is 4.79 Å². The van der Waals surface area contributed by atoms with Gasteiger partial charge in [0, 0.05) is 17.4 Å². The van der Waals surface area contributed by atoms with Gasteiger partial charge in [-0.1, -0.05) is 29.4 Å². The summed E-state index contributed by atoms with van der Waals surface area (Å²) >= 11 is 7.25. The molecule has 8 heteroatoms. The van der Waals surface area contributed by atoms with E-state index in [9.17, 15) is 9.18 Å². The van der Waals surface area contributed by atoms with Crippen LogP contribution in [0.1, 0.15) is 5.56 Å². The van der Waals surface area contributed by atoms with Crippen molar-refractivity contribution in [3.63, 3.8) is 0 Å². The predicted molar refractivity (Wildman–Crippen MR) is 117 cm³/mol. The monoisotopic (exact) mass is 432 g/mol. The molecule has 0 radical (unpaired) electrons. The molecule has 0 saturated carbocycles. The summed E-state index contributed by atoms with van der Waals surface area (Å²) in [5.41, 5.74) is 1.33. The largest absolute Gasteiger partial charge is 0.497 e. The van der Waals surface area contributed by atoms with Gasteiger partial charge in [-0.3, -0.25) is 9.69 Å². The van der Waals surface area contributed by atoms with Gasteiger partial charge in [0.05, 0.1) is 24.9 Å². The second-order valence-electron chi connectivity index (χ2n) is 5.87. The van der Waals surface area contributed by atoms with E-state index in [-0.39, 0.29) is 16.6 Å². The third-order valence-electron chi connectivity index (χ3n) is 4.05. The number of ether oxygens (including phenoxy) is 2. The first-order chi connectivity index (χ1) is 14.0. The maximum atomic E-state index is 13.6. The highest BCUT2D eigenvalue weighted by Gasteiger charge is 2.32. The molecule has 0 unspecified atom stereocenters. The highest BCUT2D eigenvalue weighted by atomic mass is 35.5. The number of anilines is 1. The van der Waals surface area contributed by atoms with Gasteiger partial charge in [-0.2, -0.15) is 0 Å². The van der Waals surface area contributed by atoms with Crippen LogP contribution in [0.15, 0.2) is 59.7 Å². The molecule has 1 aliphatic rings. The lowest BCUT2D eigenvalue weighted by molar-refractivity contribution is -0.113. The van der Waals surface area contributed by atoms with Gasteiger partial charge in [0.15, 0.2) is 5.17 Å².